The quantitative estimate of drug-likeness (QED) is 0.725. The normalized spacial score (nSPS) is 13.5. The van der Waals surface area contributed by atoms with E-state index >= 15 is 0 Å². The van der Waals surface area contributed by atoms with Gasteiger partial charge in [-0.1, -0.05) is 17.7 Å². The van der Waals surface area contributed by atoms with Crippen LogP contribution in [0.1, 0.15) is 18.4 Å². The number of rotatable bonds is 6. The van der Waals surface area contributed by atoms with Crippen LogP contribution in [0.4, 0.5) is 10.5 Å². The van der Waals surface area contributed by atoms with Crippen molar-refractivity contribution < 1.29 is 14.4 Å². The molecular weight excluding hydrogens is 296 g/mol. The minimum atomic E-state index is -0.477. The molecule has 4 amide bonds. The fourth-order valence-corrected chi connectivity index (χ4v) is 2.00. The van der Waals surface area contributed by atoms with E-state index in [1.165, 1.54) is 0 Å². The summed E-state index contributed by atoms with van der Waals surface area (Å²) in [5.74, 6) is -0.652. The van der Waals surface area contributed by atoms with E-state index in [1.54, 1.807) is 11.9 Å². The molecule has 1 fully saturated rings. The van der Waals surface area contributed by atoms with Gasteiger partial charge in [0.1, 0.15) is 0 Å². The molecule has 0 heterocycles. The van der Waals surface area contributed by atoms with Crippen LogP contribution in [-0.4, -0.2) is 48.9 Å². The van der Waals surface area contributed by atoms with Crippen molar-refractivity contribution in [2.24, 2.45) is 0 Å². The second kappa shape index (κ2) is 7.73. The van der Waals surface area contributed by atoms with Gasteiger partial charge >= 0.3 is 6.03 Å². The monoisotopic (exact) mass is 318 g/mol. The minimum absolute atomic E-state index is 0.0284. The molecule has 7 heteroatoms. The lowest BCUT2D eigenvalue weighted by atomic mass is 10.2. The number of nitrogens with one attached hydrogen (secondary N) is 3. The van der Waals surface area contributed by atoms with Crippen molar-refractivity contribution >= 4 is 23.5 Å². The molecule has 0 aliphatic heterocycles. The molecule has 2 rings (SSSR count). The van der Waals surface area contributed by atoms with Crippen LogP contribution >= 0.6 is 0 Å². The van der Waals surface area contributed by atoms with E-state index in [4.69, 9.17) is 0 Å². The fourth-order valence-electron chi connectivity index (χ4n) is 2.00. The van der Waals surface area contributed by atoms with Gasteiger partial charge < -0.3 is 10.6 Å². The van der Waals surface area contributed by atoms with Gasteiger partial charge in [0, 0.05) is 11.7 Å². The van der Waals surface area contributed by atoms with Gasteiger partial charge in [0.05, 0.1) is 13.1 Å². The molecule has 1 aliphatic rings. The Morgan fingerprint density at radius 2 is 1.70 bits per heavy atom. The number of aryl methyl sites for hydroxylation is 1. The van der Waals surface area contributed by atoms with Crippen LogP contribution in [0.15, 0.2) is 24.3 Å². The molecule has 7 nitrogen and oxygen atoms in total. The van der Waals surface area contributed by atoms with E-state index in [2.05, 4.69) is 16.0 Å². The first-order valence-electron chi connectivity index (χ1n) is 7.58. The molecule has 3 N–H and O–H groups in total. The Balaban J connectivity index is 1.69. The van der Waals surface area contributed by atoms with E-state index in [0.717, 1.165) is 18.4 Å². The van der Waals surface area contributed by atoms with Gasteiger partial charge in [-0.2, -0.15) is 0 Å². The zero-order valence-corrected chi connectivity index (χ0v) is 13.4. The SMILES string of the molecule is Cc1ccc(NC(=O)CN(C)CC(=O)NC(=O)NC2CC2)cc1. The molecule has 1 aliphatic carbocycles. The average molecular weight is 318 g/mol. The molecule has 1 aromatic carbocycles. The molecule has 1 aromatic rings. The highest BCUT2D eigenvalue weighted by atomic mass is 16.2. The van der Waals surface area contributed by atoms with Crippen molar-refractivity contribution in [2.45, 2.75) is 25.8 Å². The van der Waals surface area contributed by atoms with Gasteiger partial charge in [0.15, 0.2) is 0 Å². The van der Waals surface area contributed by atoms with Crippen molar-refractivity contribution in [3.05, 3.63) is 29.8 Å². The molecule has 0 unspecified atom stereocenters. The Bertz CT molecular complexity index is 581. The Kier molecular flexibility index (Phi) is 5.70. The number of nitrogens with zero attached hydrogens (tertiary/aromatic N) is 1. The average Bonchev–Trinajstić information content (AvgIpc) is 3.24. The highest BCUT2D eigenvalue weighted by molar-refractivity contribution is 5.96. The summed E-state index contributed by atoms with van der Waals surface area (Å²) in [6, 6.07) is 7.18. The Hall–Kier alpha value is -2.41. The standard InChI is InChI=1S/C16H22N4O3/c1-11-3-5-12(6-4-11)17-14(21)9-20(2)10-15(22)19-16(23)18-13-7-8-13/h3-6,13H,7-10H2,1-2H3,(H,17,21)(H2,18,19,22,23). The van der Waals surface area contributed by atoms with E-state index in [0.29, 0.717) is 5.69 Å². The first-order valence-corrected chi connectivity index (χ1v) is 7.58. The molecule has 0 radical (unpaired) electrons. The molecule has 0 saturated heterocycles. The first kappa shape index (κ1) is 17.0. The summed E-state index contributed by atoms with van der Waals surface area (Å²) in [6.45, 7) is 2.00. The summed E-state index contributed by atoms with van der Waals surface area (Å²) in [5.41, 5.74) is 1.82. The Morgan fingerprint density at radius 3 is 2.30 bits per heavy atom. The van der Waals surface area contributed by atoms with Crippen molar-refractivity contribution in [1.29, 1.82) is 0 Å². The molecule has 23 heavy (non-hydrogen) atoms. The van der Waals surface area contributed by atoms with Gasteiger partial charge in [0.2, 0.25) is 11.8 Å². The molecule has 0 spiro atoms. The lowest BCUT2D eigenvalue weighted by molar-refractivity contribution is -0.122. The number of imide groups is 1. The topological polar surface area (TPSA) is 90.5 Å². The van der Waals surface area contributed by atoms with Crippen molar-refractivity contribution in [1.82, 2.24) is 15.5 Å². The number of likely N-dealkylation sites (N-methyl/N-ethyl adjacent to an activating group) is 1. The number of carbonyl (C=O) groups is 3. The fraction of sp³-hybridized carbons (Fsp3) is 0.438. The maximum Gasteiger partial charge on any atom is 0.321 e. The Labute approximate surface area is 135 Å². The zero-order valence-electron chi connectivity index (χ0n) is 13.4. The lowest BCUT2D eigenvalue weighted by Crippen LogP contribution is -2.45. The number of benzene rings is 1. The highest BCUT2D eigenvalue weighted by Crippen LogP contribution is 2.18. The predicted octanol–water partition coefficient (Wildman–Crippen LogP) is 0.854. The highest BCUT2D eigenvalue weighted by Gasteiger charge is 2.24. The van der Waals surface area contributed by atoms with Gasteiger partial charge in [0.25, 0.3) is 0 Å². The Morgan fingerprint density at radius 1 is 1.09 bits per heavy atom. The molecular formula is C16H22N4O3. The largest absolute Gasteiger partial charge is 0.335 e. The van der Waals surface area contributed by atoms with Crippen molar-refractivity contribution in [3.8, 4) is 0 Å². The van der Waals surface area contributed by atoms with Crippen molar-refractivity contribution in [3.63, 3.8) is 0 Å². The van der Waals surface area contributed by atoms with Gasteiger partial charge in [-0.3, -0.25) is 19.8 Å². The second-order valence-electron chi connectivity index (χ2n) is 5.88. The van der Waals surface area contributed by atoms with Crippen molar-refractivity contribution in [2.75, 3.05) is 25.5 Å². The summed E-state index contributed by atoms with van der Waals surface area (Å²) < 4.78 is 0. The number of urea groups is 1. The predicted molar refractivity (Wildman–Crippen MR) is 87.0 cm³/mol. The summed E-state index contributed by atoms with van der Waals surface area (Å²) >= 11 is 0. The minimum Gasteiger partial charge on any atom is -0.335 e. The summed E-state index contributed by atoms with van der Waals surface area (Å²) in [7, 11) is 1.65. The maximum absolute atomic E-state index is 11.9. The van der Waals surface area contributed by atoms with Gasteiger partial charge in [-0.25, -0.2) is 4.79 Å². The molecule has 0 bridgehead atoms. The van der Waals surface area contributed by atoms with E-state index in [-0.39, 0.29) is 25.0 Å². The number of hydrogen-bond donors (Lipinski definition) is 3. The molecule has 0 atom stereocenters. The van der Waals surface area contributed by atoms with Gasteiger partial charge in [-0.15, -0.1) is 0 Å². The first-order chi connectivity index (χ1) is 10.9. The number of hydrogen-bond acceptors (Lipinski definition) is 4. The van der Waals surface area contributed by atoms with E-state index in [9.17, 15) is 14.4 Å². The smallest absolute Gasteiger partial charge is 0.321 e. The second-order valence-corrected chi connectivity index (χ2v) is 5.88. The molecule has 0 aromatic heterocycles. The zero-order chi connectivity index (χ0) is 16.8. The van der Waals surface area contributed by atoms with Crippen LogP contribution in [-0.2, 0) is 9.59 Å². The van der Waals surface area contributed by atoms with Crippen LogP contribution in [0.3, 0.4) is 0 Å². The third-order valence-corrected chi connectivity index (χ3v) is 3.33. The van der Waals surface area contributed by atoms with E-state index < -0.39 is 11.9 Å². The summed E-state index contributed by atoms with van der Waals surface area (Å²) in [6.07, 6.45) is 1.92. The number of amides is 4. The van der Waals surface area contributed by atoms with E-state index in [1.807, 2.05) is 31.2 Å². The van der Waals surface area contributed by atoms with Crippen LogP contribution in [0.25, 0.3) is 0 Å². The maximum atomic E-state index is 11.9. The van der Waals surface area contributed by atoms with Crippen LogP contribution in [0.2, 0.25) is 0 Å². The number of carbonyl (C=O) groups excluding carboxylic acids is 3. The lowest BCUT2D eigenvalue weighted by Gasteiger charge is -2.15. The van der Waals surface area contributed by atoms with Crippen LogP contribution in [0.5, 0.6) is 0 Å². The van der Waals surface area contributed by atoms with Gasteiger partial charge in [-0.05, 0) is 38.9 Å². The van der Waals surface area contributed by atoms with Crippen LogP contribution in [0, 0.1) is 6.92 Å². The third kappa shape index (κ3) is 6.48. The van der Waals surface area contributed by atoms with Crippen LogP contribution < -0.4 is 16.0 Å². The summed E-state index contributed by atoms with van der Waals surface area (Å²) in [4.78, 5) is 36.6. The third-order valence-electron chi connectivity index (χ3n) is 3.33. The summed E-state index contributed by atoms with van der Waals surface area (Å²) in [5, 5.41) is 7.67. The molecule has 1 saturated carbocycles. The number of anilines is 1. The molecule has 124 valence electrons.